The molecule has 5 heteroatoms. The van der Waals surface area contributed by atoms with Crippen molar-refractivity contribution in [1.82, 2.24) is 0 Å². The van der Waals surface area contributed by atoms with Gasteiger partial charge in [0.15, 0.2) is 11.9 Å². The van der Waals surface area contributed by atoms with E-state index in [1.54, 1.807) is 13.8 Å². The molecule has 14 heavy (non-hydrogen) atoms. The quantitative estimate of drug-likeness (QED) is 0.602. The third kappa shape index (κ3) is 1.56. The largest absolute Gasteiger partial charge is 0.349 e. The molecule has 2 aliphatic rings. The Morgan fingerprint density at radius 3 is 2.79 bits per heavy atom. The molecule has 0 aliphatic carbocycles. The van der Waals surface area contributed by atoms with E-state index in [1.165, 1.54) is 7.11 Å². The second-order valence-electron chi connectivity index (χ2n) is 3.90. The average Bonchev–Trinajstić information content (AvgIpc) is 2.42. The minimum Gasteiger partial charge on any atom is -0.349 e. The van der Waals surface area contributed by atoms with E-state index in [9.17, 15) is 4.79 Å². The first-order valence-electron chi connectivity index (χ1n) is 4.57. The van der Waals surface area contributed by atoms with Gasteiger partial charge >= 0.3 is 0 Å². The van der Waals surface area contributed by atoms with E-state index in [0.29, 0.717) is 6.61 Å². The Hall–Kier alpha value is -0.490. The normalized spacial score (nSPS) is 41.1. The maximum Gasteiger partial charge on any atom is 0.220 e. The monoisotopic (exact) mass is 202 g/mol. The molecule has 2 fully saturated rings. The fourth-order valence-corrected chi connectivity index (χ4v) is 1.78. The third-order valence-electron chi connectivity index (χ3n) is 2.32. The van der Waals surface area contributed by atoms with E-state index in [4.69, 9.17) is 18.9 Å². The van der Waals surface area contributed by atoms with Crippen molar-refractivity contribution in [2.75, 3.05) is 13.7 Å². The van der Waals surface area contributed by atoms with E-state index in [1.807, 2.05) is 0 Å². The molecule has 0 aromatic heterocycles. The van der Waals surface area contributed by atoms with Gasteiger partial charge in [0.1, 0.15) is 6.10 Å². The Morgan fingerprint density at radius 2 is 2.14 bits per heavy atom. The molecule has 0 saturated carbocycles. The lowest BCUT2D eigenvalue weighted by atomic mass is 10.1. The summed E-state index contributed by atoms with van der Waals surface area (Å²) in [7, 11) is 1.43. The maximum absolute atomic E-state index is 11.7. The van der Waals surface area contributed by atoms with Crippen molar-refractivity contribution in [2.24, 2.45) is 0 Å². The first-order valence-corrected chi connectivity index (χ1v) is 4.57. The van der Waals surface area contributed by atoms with E-state index in [2.05, 4.69) is 0 Å². The number of carbonyl (C=O) groups excluding carboxylic acids is 1. The first kappa shape index (κ1) is 10.0. The van der Waals surface area contributed by atoms with Crippen molar-refractivity contribution >= 4 is 5.78 Å². The molecule has 0 radical (unpaired) electrons. The van der Waals surface area contributed by atoms with E-state index in [-0.39, 0.29) is 11.9 Å². The van der Waals surface area contributed by atoms with Crippen LogP contribution in [0, 0.1) is 0 Å². The van der Waals surface area contributed by atoms with Crippen LogP contribution in [0.5, 0.6) is 0 Å². The summed E-state index contributed by atoms with van der Waals surface area (Å²) in [6, 6.07) is 0. The summed E-state index contributed by atoms with van der Waals surface area (Å²) in [4.78, 5) is 11.7. The Balaban J connectivity index is 2.12. The lowest BCUT2D eigenvalue weighted by Gasteiger charge is -2.27. The van der Waals surface area contributed by atoms with Crippen LogP contribution in [0.2, 0.25) is 0 Å². The van der Waals surface area contributed by atoms with Gasteiger partial charge in [-0.2, -0.15) is 0 Å². The van der Waals surface area contributed by atoms with Crippen molar-refractivity contribution < 1.29 is 23.7 Å². The fourth-order valence-electron chi connectivity index (χ4n) is 1.78. The first-order chi connectivity index (χ1) is 6.53. The molecule has 0 N–H and O–H groups in total. The summed E-state index contributed by atoms with van der Waals surface area (Å²) < 4.78 is 21.0. The van der Waals surface area contributed by atoms with Crippen LogP contribution in [0.25, 0.3) is 0 Å². The summed E-state index contributed by atoms with van der Waals surface area (Å²) in [6.45, 7) is 3.89. The molecule has 2 saturated heterocycles. The number of Topliss-reactive ketones (excluding diaryl/α,β-unsaturated/α-hetero) is 1. The number of methoxy groups -OCH3 is 1. The molecule has 2 rings (SSSR count). The number of ketones is 1. The van der Waals surface area contributed by atoms with Crippen molar-refractivity contribution in [3.63, 3.8) is 0 Å². The number of carbonyl (C=O) groups is 1. The Kier molecular flexibility index (Phi) is 2.35. The minimum absolute atomic E-state index is 0.200. The summed E-state index contributed by atoms with van der Waals surface area (Å²) in [5.74, 6) is -0.911. The molecule has 2 aliphatic heterocycles. The number of rotatable bonds is 1. The van der Waals surface area contributed by atoms with Gasteiger partial charge in [-0.05, 0) is 13.8 Å². The minimum atomic E-state index is -0.811. The van der Waals surface area contributed by atoms with Gasteiger partial charge in [0.05, 0.1) is 6.61 Å². The van der Waals surface area contributed by atoms with Crippen molar-refractivity contribution in [1.29, 1.82) is 0 Å². The molecule has 0 spiro atoms. The number of hydrogen-bond acceptors (Lipinski definition) is 5. The van der Waals surface area contributed by atoms with Crippen LogP contribution in [0.4, 0.5) is 0 Å². The highest BCUT2D eigenvalue weighted by atomic mass is 16.8. The third-order valence-corrected chi connectivity index (χ3v) is 2.32. The zero-order valence-electron chi connectivity index (χ0n) is 8.48. The number of fused-ring (bicyclic) bond motifs is 1. The molecule has 80 valence electrons. The van der Waals surface area contributed by atoms with Crippen molar-refractivity contribution in [3.8, 4) is 0 Å². The zero-order valence-corrected chi connectivity index (χ0v) is 8.48. The predicted octanol–water partition coefficient (Wildman–Crippen LogP) is 0.0783. The molecular weight excluding hydrogens is 188 g/mol. The fraction of sp³-hybridized carbons (Fsp3) is 0.889. The highest BCUT2D eigenvalue weighted by Crippen LogP contribution is 2.32. The highest BCUT2D eigenvalue weighted by Gasteiger charge is 2.50. The van der Waals surface area contributed by atoms with Gasteiger partial charge in [0, 0.05) is 7.11 Å². The molecule has 2 heterocycles. The Bertz CT molecular complexity index is 250. The standard InChI is InChI=1S/C9H14O5/c1-9(2)13-5-4-12-8(11-3)6(10)7(5)14-9/h5,7-8H,4H2,1-3H3/t5-,7-,8?/m0/s1. The van der Waals surface area contributed by atoms with Gasteiger partial charge < -0.3 is 18.9 Å². The van der Waals surface area contributed by atoms with E-state index in [0.717, 1.165) is 0 Å². The summed E-state index contributed by atoms with van der Waals surface area (Å²) in [6.07, 6.45) is -1.67. The lowest BCUT2D eigenvalue weighted by Crippen LogP contribution is -2.48. The van der Waals surface area contributed by atoms with Gasteiger partial charge in [0.25, 0.3) is 0 Å². The van der Waals surface area contributed by atoms with Crippen molar-refractivity contribution in [2.45, 2.75) is 38.1 Å². The second-order valence-corrected chi connectivity index (χ2v) is 3.90. The summed E-state index contributed by atoms with van der Waals surface area (Å²) in [5, 5.41) is 0. The highest BCUT2D eigenvalue weighted by molar-refractivity contribution is 5.87. The lowest BCUT2D eigenvalue weighted by molar-refractivity contribution is -0.190. The maximum atomic E-state index is 11.7. The molecule has 0 aromatic rings. The van der Waals surface area contributed by atoms with Gasteiger partial charge in [-0.15, -0.1) is 0 Å². The van der Waals surface area contributed by atoms with Crippen LogP contribution in [0.1, 0.15) is 13.8 Å². The van der Waals surface area contributed by atoms with E-state index < -0.39 is 18.2 Å². The topological polar surface area (TPSA) is 54.0 Å². The van der Waals surface area contributed by atoms with Crippen LogP contribution in [-0.2, 0) is 23.7 Å². The van der Waals surface area contributed by atoms with Crippen LogP contribution in [-0.4, -0.2) is 43.8 Å². The molecule has 1 unspecified atom stereocenters. The van der Waals surface area contributed by atoms with Gasteiger partial charge in [-0.1, -0.05) is 0 Å². The molecule has 3 atom stereocenters. The number of hydrogen-bond donors (Lipinski definition) is 0. The van der Waals surface area contributed by atoms with Gasteiger partial charge in [0.2, 0.25) is 12.1 Å². The van der Waals surface area contributed by atoms with Gasteiger partial charge in [-0.3, -0.25) is 4.79 Å². The summed E-state index contributed by atoms with van der Waals surface area (Å²) >= 11 is 0. The Labute approximate surface area is 82.3 Å². The predicted molar refractivity (Wildman–Crippen MR) is 45.6 cm³/mol. The smallest absolute Gasteiger partial charge is 0.220 e. The molecule has 0 bridgehead atoms. The SMILES string of the molecule is COC1OC[C@@H]2OC(C)(C)O[C@@H]2C1=O. The zero-order chi connectivity index (χ0) is 10.3. The molecule has 0 amide bonds. The Morgan fingerprint density at radius 1 is 1.43 bits per heavy atom. The van der Waals surface area contributed by atoms with Gasteiger partial charge in [-0.25, -0.2) is 0 Å². The average molecular weight is 202 g/mol. The molecule has 5 nitrogen and oxygen atoms in total. The molecular formula is C9H14O5. The van der Waals surface area contributed by atoms with Crippen molar-refractivity contribution in [3.05, 3.63) is 0 Å². The van der Waals surface area contributed by atoms with Crippen LogP contribution in [0.3, 0.4) is 0 Å². The van der Waals surface area contributed by atoms with Crippen LogP contribution in [0.15, 0.2) is 0 Å². The molecule has 0 aromatic carbocycles. The van der Waals surface area contributed by atoms with Crippen LogP contribution >= 0.6 is 0 Å². The number of ether oxygens (including phenoxy) is 4. The van der Waals surface area contributed by atoms with E-state index >= 15 is 0 Å². The second kappa shape index (κ2) is 3.27. The summed E-state index contributed by atoms with van der Waals surface area (Å²) in [5.41, 5.74) is 0. The van der Waals surface area contributed by atoms with Crippen LogP contribution < -0.4 is 0 Å².